The molecule has 0 bridgehead atoms. The van der Waals surface area contributed by atoms with E-state index in [-0.39, 0.29) is 5.91 Å². The molecule has 2 aromatic heterocycles. The van der Waals surface area contributed by atoms with E-state index in [0.717, 1.165) is 5.69 Å². The molecule has 0 atom stereocenters. The minimum absolute atomic E-state index is 0.276. The van der Waals surface area contributed by atoms with Gasteiger partial charge in [0.05, 0.1) is 11.4 Å². The van der Waals surface area contributed by atoms with Crippen molar-refractivity contribution in [3.63, 3.8) is 0 Å². The van der Waals surface area contributed by atoms with E-state index < -0.39 is 0 Å². The number of nitrogens with zero attached hydrogens (tertiary/aromatic N) is 3. The number of hydrogen-bond donors (Lipinski definition) is 1. The van der Waals surface area contributed by atoms with Gasteiger partial charge in [-0.3, -0.25) is 4.79 Å². The topological polar surface area (TPSA) is 59.8 Å². The van der Waals surface area contributed by atoms with Gasteiger partial charge in [0.25, 0.3) is 5.91 Å². The van der Waals surface area contributed by atoms with E-state index in [4.69, 9.17) is 0 Å². The number of amides is 1. The fraction of sp³-hybridized carbons (Fsp3) is 0. The highest BCUT2D eigenvalue weighted by Crippen LogP contribution is 2.21. The monoisotopic (exact) mass is 342 g/mol. The molecule has 1 N–H and O–H groups in total. The number of carbonyl (C=O) groups excluding carboxylic acids is 1. The Labute approximate surface area is 129 Å². The molecule has 0 unspecified atom stereocenters. The second kappa shape index (κ2) is 5.88. The zero-order chi connectivity index (χ0) is 14.7. The van der Waals surface area contributed by atoms with Crippen LogP contribution < -0.4 is 5.32 Å². The van der Waals surface area contributed by atoms with Crippen LogP contribution in [0.15, 0.2) is 65.5 Å². The number of carbonyl (C=O) groups is 1. The number of halogens is 1. The van der Waals surface area contributed by atoms with Gasteiger partial charge in [-0.25, -0.2) is 9.67 Å². The Morgan fingerprint density at radius 1 is 1.10 bits per heavy atom. The maximum Gasteiger partial charge on any atom is 0.275 e. The van der Waals surface area contributed by atoms with Gasteiger partial charge in [0.15, 0.2) is 0 Å². The van der Waals surface area contributed by atoms with Crippen molar-refractivity contribution in [2.24, 2.45) is 0 Å². The Kier molecular flexibility index (Phi) is 3.79. The Balaban J connectivity index is 1.93. The minimum atomic E-state index is -0.276. The lowest BCUT2D eigenvalue weighted by Crippen LogP contribution is -2.16. The van der Waals surface area contributed by atoms with Crippen LogP contribution in [-0.2, 0) is 0 Å². The maximum absolute atomic E-state index is 12.3. The van der Waals surface area contributed by atoms with Gasteiger partial charge in [-0.05, 0) is 46.3 Å². The van der Waals surface area contributed by atoms with Crippen LogP contribution in [0.2, 0.25) is 0 Å². The minimum Gasteiger partial charge on any atom is -0.319 e. The summed E-state index contributed by atoms with van der Waals surface area (Å²) in [6.45, 7) is 0. The lowest BCUT2D eigenvalue weighted by atomic mass is 10.2. The summed E-state index contributed by atoms with van der Waals surface area (Å²) in [5, 5.41) is 7.05. The van der Waals surface area contributed by atoms with Gasteiger partial charge in [0.2, 0.25) is 0 Å². The first kappa shape index (κ1) is 13.5. The molecule has 0 fully saturated rings. The van der Waals surface area contributed by atoms with Crippen LogP contribution >= 0.6 is 15.9 Å². The maximum atomic E-state index is 12.3. The predicted octanol–water partition coefficient (Wildman–Crippen LogP) is 3.28. The third-order valence-electron chi connectivity index (χ3n) is 2.88. The van der Waals surface area contributed by atoms with E-state index in [1.54, 1.807) is 29.2 Å². The molecule has 0 saturated heterocycles. The van der Waals surface area contributed by atoms with Crippen molar-refractivity contribution in [1.29, 1.82) is 0 Å². The van der Waals surface area contributed by atoms with Gasteiger partial charge in [0, 0.05) is 23.1 Å². The van der Waals surface area contributed by atoms with E-state index in [1.165, 1.54) is 0 Å². The molecule has 3 aromatic rings. The van der Waals surface area contributed by atoms with Crippen LogP contribution in [0.5, 0.6) is 0 Å². The summed E-state index contributed by atoms with van der Waals surface area (Å²) in [4.78, 5) is 16.4. The van der Waals surface area contributed by atoms with Crippen LogP contribution in [-0.4, -0.2) is 20.7 Å². The molecule has 0 spiro atoms. The number of benzene rings is 1. The number of anilines is 1. The zero-order valence-corrected chi connectivity index (χ0v) is 12.5. The third-order valence-corrected chi connectivity index (χ3v) is 3.52. The van der Waals surface area contributed by atoms with Crippen molar-refractivity contribution >= 4 is 27.5 Å². The van der Waals surface area contributed by atoms with E-state index in [2.05, 4.69) is 31.3 Å². The van der Waals surface area contributed by atoms with E-state index >= 15 is 0 Å². The van der Waals surface area contributed by atoms with Gasteiger partial charge in [0.1, 0.15) is 5.69 Å². The number of rotatable bonds is 3. The summed E-state index contributed by atoms with van der Waals surface area (Å²) in [6.07, 6.45) is 5.09. The van der Waals surface area contributed by atoms with E-state index in [9.17, 15) is 4.79 Å². The molecule has 0 aliphatic rings. The molecule has 3 rings (SSSR count). The van der Waals surface area contributed by atoms with Gasteiger partial charge < -0.3 is 5.32 Å². The molecule has 1 aromatic carbocycles. The largest absolute Gasteiger partial charge is 0.319 e. The molecule has 0 aliphatic carbocycles. The van der Waals surface area contributed by atoms with Crippen LogP contribution in [0.1, 0.15) is 10.5 Å². The fourth-order valence-corrected chi connectivity index (χ4v) is 2.36. The smallest absolute Gasteiger partial charge is 0.275 e. The first-order valence-electron chi connectivity index (χ1n) is 6.26. The highest BCUT2D eigenvalue weighted by Gasteiger charge is 2.13. The van der Waals surface area contributed by atoms with Crippen LogP contribution in [0.25, 0.3) is 5.69 Å². The summed E-state index contributed by atoms with van der Waals surface area (Å²) in [5.74, 6) is -0.276. The molecule has 5 nitrogen and oxygen atoms in total. The molecular formula is C15H11BrN4O. The Bertz CT molecular complexity index is 771. The van der Waals surface area contributed by atoms with Crippen molar-refractivity contribution in [2.45, 2.75) is 0 Å². The molecule has 2 heterocycles. The third kappa shape index (κ3) is 2.85. The van der Waals surface area contributed by atoms with Gasteiger partial charge in [-0.15, -0.1) is 0 Å². The average molecular weight is 343 g/mol. The van der Waals surface area contributed by atoms with Crippen molar-refractivity contribution in [3.05, 3.63) is 71.2 Å². The van der Waals surface area contributed by atoms with Crippen molar-refractivity contribution in [3.8, 4) is 5.69 Å². The van der Waals surface area contributed by atoms with Crippen molar-refractivity contribution in [1.82, 2.24) is 14.8 Å². The standard InChI is InChI=1S/C15H11BrN4O/c16-11-5-3-8-17-14(11)15(21)19-12-6-1-2-7-13(12)20-10-4-9-18-20/h1-10H,(H,19,21). The van der Waals surface area contributed by atoms with Crippen LogP contribution in [0.4, 0.5) is 5.69 Å². The highest BCUT2D eigenvalue weighted by molar-refractivity contribution is 9.10. The second-order valence-electron chi connectivity index (χ2n) is 4.26. The summed E-state index contributed by atoms with van der Waals surface area (Å²) in [6, 6.07) is 12.8. The Hall–Kier alpha value is -2.47. The molecular weight excluding hydrogens is 332 g/mol. The molecule has 0 saturated carbocycles. The number of aromatic nitrogens is 3. The molecule has 0 aliphatic heterocycles. The highest BCUT2D eigenvalue weighted by atomic mass is 79.9. The van der Waals surface area contributed by atoms with Crippen LogP contribution in [0.3, 0.4) is 0 Å². The van der Waals surface area contributed by atoms with Crippen molar-refractivity contribution < 1.29 is 4.79 Å². The molecule has 104 valence electrons. The first-order valence-corrected chi connectivity index (χ1v) is 7.06. The van der Waals surface area contributed by atoms with E-state index in [0.29, 0.717) is 15.9 Å². The van der Waals surface area contributed by atoms with Crippen LogP contribution in [0, 0.1) is 0 Å². The molecule has 21 heavy (non-hydrogen) atoms. The van der Waals surface area contributed by atoms with Gasteiger partial charge >= 0.3 is 0 Å². The zero-order valence-electron chi connectivity index (χ0n) is 10.9. The molecule has 1 amide bonds. The average Bonchev–Trinajstić information content (AvgIpc) is 3.02. The Morgan fingerprint density at radius 2 is 1.95 bits per heavy atom. The predicted molar refractivity (Wildman–Crippen MR) is 83.5 cm³/mol. The first-order chi connectivity index (χ1) is 10.3. The fourth-order valence-electron chi connectivity index (χ4n) is 1.92. The number of para-hydroxylation sites is 2. The lowest BCUT2D eigenvalue weighted by molar-refractivity contribution is 0.102. The number of pyridine rings is 1. The number of hydrogen-bond acceptors (Lipinski definition) is 3. The molecule has 0 radical (unpaired) electrons. The summed E-state index contributed by atoms with van der Waals surface area (Å²) in [5.41, 5.74) is 1.81. The summed E-state index contributed by atoms with van der Waals surface area (Å²) >= 11 is 3.33. The summed E-state index contributed by atoms with van der Waals surface area (Å²) < 4.78 is 2.35. The van der Waals surface area contributed by atoms with Gasteiger partial charge in [-0.2, -0.15) is 5.10 Å². The second-order valence-corrected chi connectivity index (χ2v) is 5.11. The molecule has 6 heteroatoms. The van der Waals surface area contributed by atoms with Crippen molar-refractivity contribution in [2.75, 3.05) is 5.32 Å². The quantitative estimate of drug-likeness (QED) is 0.794. The summed E-state index contributed by atoms with van der Waals surface area (Å²) in [7, 11) is 0. The lowest BCUT2D eigenvalue weighted by Gasteiger charge is -2.11. The Morgan fingerprint density at radius 3 is 2.71 bits per heavy atom. The van der Waals surface area contributed by atoms with E-state index in [1.807, 2.05) is 36.5 Å². The normalized spacial score (nSPS) is 10.3. The van der Waals surface area contributed by atoms with Gasteiger partial charge in [-0.1, -0.05) is 12.1 Å². The SMILES string of the molecule is O=C(Nc1ccccc1-n1cccn1)c1ncccc1Br. The number of nitrogens with one attached hydrogen (secondary N) is 1.